The summed E-state index contributed by atoms with van der Waals surface area (Å²) in [5.41, 5.74) is 2.70. The maximum Gasteiger partial charge on any atom is 0.260 e. The lowest BCUT2D eigenvalue weighted by atomic mass is 10.1. The molecular formula is C20H19BrN2OS. The molecule has 0 saturated heterocycles. The van der Waals surface area contributed by atoms with Crippen molar-refractivity contribution in [2.75, 3.05) is 0 Å². The largest absolute Gasteiger partial charge is 0.272 e. The number of carbonyl (C=O) groups excluding carboxylic acids is 1. The van der Waals surface area contributed by atoms with Crippen LogP contribution in [0.3, 0.4) is 0 Å². The van der Waals surface area contributed by atoms with Crippen LogP contribution in [-0.4, -0.2) is 27.2 Å². The standard InChI is InChI=1S/C20H19BrN2OS/c1-4-20(3)22-17(14-9-11-16(21)12-10-14)19(25)23(20)18(24)15-7-5-13(2)6-8-15/h5-12H,4H2,1-3H3/t20-/m0/s1. The Morgan fingerprint density at radius 3 is 2.32 bits per heavy atom. The minimum Gasteiger partial charge on any atom is -0.272 e. The highest BCUT2D eigenvalue weighted by atomic mass is 79.9. The van der Waals surface area contributed by atoms with E-state index in [1.165, 1.54) is 0 Å². The van der Waals surface area contributed by atoms with Crippen LogP contribution in [0.2, 0.25) is 0 Å². The third kappa shape index (κ3) is 3.31. The van der Waals surface area contributed by atoms with Gasteiger partial charge in [-0.05, 0) is 44.5 Å². The highest BCUT2D eigenvalue weighted by Gasteiger charge is 2.44. The second kappa shape index (κ2) is 6.81. The Balaban J connectivity index is 2.00. The van der Waals surface area contributed by atoms with Crippen molar-refractivity contribution in [1.29, 1.82) is 0 Å². The molecule has 5 heteroatoms. The third-order valence-corrected chi connectivity index (χ3v) is 5.43. The van der Waals surface area contributed by atoms with Crippen molar-refractivity contribution < 1.29 is 4.79 Å². The summed E-state index contributed by atoms with van der Waals surface area (Å²) in [5, 5.41) is 0. The molecule has 1 heterocycles. The summed E-state index contributed by atoms with van der Waals surface area (Å²) in [4.78, 5) is 20.1. The van der Waals surface area contributed by atoms with Crippen molar-refractivity contribution in [3.8, 4) is 0 Å². The van der Waals surface area contributed by atoms with Crippen LogP contribution in [0.15, 0.2) is 58.0 Å². The number of aryl methyl sites for hydroxylation is 1. The lowest BCUT2D eigenvalue weighted by Crippen LogP contribution is -2.47. The summed E-state index contributed by atoms with van der Waals surface area (Å²) >= 11 is 9.10. The number of rotatable bonds is 3. The van der Waals surface area contributed by atoms with Gasteiger partial charge in [-0.1, -0.05) is 64.9 Å². The zero-order valence-corrected chi connectivity index (χ0v) is 16.8. The van der Waals surface area contributed by atoms with Crippen LogP contribution in [0.5, 0.6) is 0 Å². The molecule has 2 aromatic carbocycles. The molecule has 3 nitrogen and oxygen atoms in total. The van der Waals surface area contributed by atoms with Crippen LogP contribution in [0.4, 0.5) is 0 Å². The number of hydrogen-bond donors (Lipinski definition) is 0. The van der Waals surface area contributed by atoms with E-state index in [0.29, 0.717) is 22.7 Å². The van der Waals surface area contributed by atoms with Crippen molar-refractivity contribution in [3.63, 3.8) is 0 Å². The number of carbonyl (C=O) groups is 1. The molecule has 1 amide bonds. The molecule has 0 saturated carbocycles. The van der Waals surface area contributed by atoms with Gasteiger partial charge in [0.25, 0.3) is 5.91 Å². The molecule has 25 heavy (non-hydrogen) atoms. The summed E-state index contributed by atoms with van der Waals surface area (Å²) in [6.45, 7) is 5.98. The van der Waals surface area contributed by atoms with Gasteiger partial charge in [-0.25, -0.2) is 0 Å². The fourth-order valence-corrected chi connectivity index (χ4v) is 3.54. The Hall–Kier alpha value is -1.85. The van der Waals surface area contributed by atoms with Gasteiger partial charge in [0, 0.05) is 15.6 Å². The zero-order valence-electron chi connectivity index (χ0n) is 14.4. The number of halogens is 1. The Morgan fingerprint density at radius 2 is 1.76 bits per heavy atom. The number of benzene rings is 2. The molecule has 0 unspecified atom stereocenters. The van der Waals surface area contributed by atoms with Gasteiger partial charge in [0.15, 0.2) is 0 Å². The number of thiocarbonyl (C=S) groups is 1. The Kier molecular flexibility index (Phi) is 4.89. The average molecular weight is 415 g/mol. The molecule has 0 bridgehead atoms. The number of aliphatic imine (C=N–C) groups is 1. The Bertz CT molecular complexity index is 858. The van der Waals surface area contributed by atoms with Gasteiger partial charge in [0.2, 0.25) is 0 Å². The molecule has 1 atom stereocenters. The van der Waals surface area contributed by atoms with E-state index in [4.69, 9.17) is 17.2 Å². The number of amides is 1. The highest BCUT2D eigenvalue weighted by Crippen LogP contribution is 2.32. The normalized spacial score (nSPS) is 19.9. The maximum atomic E-state index is 13.1. The van der Waals surface area contributed by atoms with E-state index in [2.05, 4.69) is 15.9 Å². The first-order valence-corrected chi connectivity index (χ1v) is 9.37. The summed E-state index contributed by atoms with van der Waals surface area (Å²) in [5.74, 6) is -0.106. The molecule has 0 spiro atoms. The maximum absolute atomic E-state index is 13.1. The van der Waals surface area contributed by atoms with E-state index < -0.39 is 5.66 Å². The summed E-state index contributed by atoms with van der Waals surface area (Å²) < 4.78 is 0.992. The molecule has 3 rings (SSSR count). The first kappa shape index (κ1) is 18.0. The fourth-order valence-electron chi connectivity index (χ4n) is 2.83. The fraction of sp³-hybridized carbons (Fsp3) is 0.250. The number of hydrogen-bond acceptors (Lipinski definition) is 3. The van der Waals surface area contributed by atoms with Crippen molar-refractivity contribution in [2.24, 2.45) is 4.99 Å². The molecular weight excluding hydrogens is 396 g/mol. The van der Waals surface area contributed by atoms with Crippen molar-refractivity contribution in [1.82, 2.24) is 4.90 Å². The van der Waals surface area contributed by atoms with Crippen molar-refractivity contribution in [2.45, 2.75) is 32.9 Å². The second-order valence-electron chi connectivity index (χ2n) is 6.35. The highest BCUT2D eigenvalue weighted by molar-refractivity contribution is 9.10. The molecule has 128 valence electrons. The monoisotopic (exact) mass is 414 g/mol. The van der Waals surface area contributed by atoms with E-state index in [0.717, 1.165) is 15.6 Å². The van der Waals surface area contributed by atoms with Gasteiger partial charge in [-0.15, -0.1) is 0 Å². The first-order chi connectivity index (χ1) is 11.9. The van der Waals surface area contributed by atoms with Gasteiger partial charge in [0.05, 0.1) is 0 Å². The van der Waals surface area contributed by atoms with Gasteiger partial charge >= 0.3 is 0 Å². The van der Waals surface area contributed by atoms with E-state index in [1.807, 2.05) is 69.3 Å². The van der Waals surface area contributed by atoms with Crippen LogP contribution in [0.25, 0.3) is 0 Å². The molecule has 2 aromatic rings. The molecule has 1 aliphatic heterocycles. The zero-order chi connectivity index (χ0) is 18.2. The summed E-state index contributed by atoms with van der Waals surface area (Å²) in [6.07, 6.45) is 0.685. The molecule has 0 N–H and O–H groups in total. The summed E-state index contributed by atoms with van der Waals surface area (Å²) in [6, 6.07) is 15.4. The topological polar surface area (TPSA) is 32.7 Å². The van der Waals surface area contributed by atoms with Crippen LogP contribution in [-0.2, 0) is 0 Å². The van der Waals surface area contributed by atoms with Crippen LogP contribution < -0.4 is 0 Å². The first-order valence-electron chi connectivity index (χ1n) is 8.17. The molecule has 0 aromatic heterocycles. The average Bonchev–Trinajstić information content (AvgIpc) is 2.87. The van der Waals surface area contributed by atoms with E-state index in [1.54, 1.807) is 4.90 Å². The van der Waals surface area contributed by atoms with E-state index in [9.17, 15) is 4.79 Å². The quantitative estimate of drug-likeness (QED) is 0.649. The van der Waals surface area contributed by atoms with Gasteiger partial charge < -0.3 is 0 Å². The predicted octanol–water partition coefficient (Wildman–Crippen LogP) is 5.16. The third-order valence-electron chi connectivity index (χ3n) is 4.53. The van der Waals surface area contributed by atoms with Gasteiger partial charge in [-0.3, -0.25) is 14.7 Å². The molecule has 0 aliphatic carbocycles. The SMILES string of the molecule is CC[C@@]1(C)N=C(c2ccc(Br)cc2)C(=S)N1C(=O)c1ccc(C)cc1. The van der Waals surface area contributed by atoms with Crippen molar-refractivity contribution in [3.05, 3.63) is 69.7 Å². The van der Waals surface area contributed by atoms with Gasteiger partial charge in [-0.2, -0.15) is 0 Å². The molecule has 1 aliphatic rings. The van der Waals surface area contributed by atoms with Crippen molar-refractivity contribution >= 4 is 44.8 Å². The lowest BCUT2D eigenvalue weighted by molar-refractivity contribution is 0.0734. The Morgan fingerprint density at radius 1 is 1.16 bits per heavy atom. The summed E-state index contributed by atoms with van der Waals surface area (Å²) in [7, 11) is 0. The molecule has 0 fully saturated rings. The lowest BCUT2D eigenvalue weighted by Gasteiger charge is -2.31. The Labute approximate surface area is 161 Å². The van der Waals surface area contributed by atoms with E-state index in [-0.39, 0.29) is 5.91 Å². The minimum atomic E-state index is -0.665. The number of nitrogens with zero attached hydrogens (tertiary/aromatic N) is 2. The second-order valence-corrected chi connectivity index (χ2v) is 7.65. The minimum absolute atomic E-state index is 0.106. The van der Waals surface area contributed by atoms with Crippen LogP contribution >= 0.6 is 28.1 Å². The van der Waals surface area contributed by atoms with Crippen LogP contribution in [0, 0.1) is 6.92 Å². The van der Waals surface area contributed by atoms with Gasteiger partial charge in [0.1, 0.15) is 16.4 Å². The van der Waals surface area contributed by atoms with E-state index >= 15 is 0 Å². The molecule has 0 radical (unpaired) electrons. The predicted molar refractivity (Wildman–Crippen MR) is 109 cm³/mol. The smallest absolute Gasteiger partial charge is 0.260 e. The van der Waals surface area contributed by atoms with Crippen LogP contribution in [0.1, 0.15) is 41.8 Å².